The van der Waals surface area contributed by atoms with Crippen LogP contribution in [0.2, 0.25) is 5.02 Å². The fraction of sp³-hybridized carbons (Fsp3) is 0.494. The predicted molar refractivity (Wildman–Crippen MR) is 465 cm³/mol. The number of carboxylic acids is 1. The van der Waals surface area contributed by atoms with Crippen LogP contribution in [0.5, 0.6) is 40.2 Å². The molecule has 700 valence electrons. The van der Waals surface area contributed by atoms with Crippen molar-refractivity contribution in [3.05, 3.63) is 152 Å². The number of carbonyl (C=O) groups excluding carboxylic acids is 8. The van der Waals surface area contributed by atoms with Gasteiger partial charge in [0.15, 0.2) is 29.9 Å². The van der Waals surface area contributed by atoms with Crippen molar-refractivity contribution in [2.75, 3.05) is 33.3 Å². The maximum Gasteiger partial charge on any atom is 0.330 e. The number of aryl methyl sites for hydroxylation is 2. The third kappa shape index (κ3) is 23.5. The summed E-state index contributed by atoms with van der Waals surface area (Å²) in [6.07, 6.45) is -11.8. The summed E-state index contributed by atoms with van der Waals surface area (Å²) in [5, 5.41) is 130. The molecule has 7 aliphatic heterocycles. The van der Waals surface area contributed by atoms with Crippen molar-refractivity contribution in [2.45, 2.75) is 246 Å². The lowest BCUT2D eigenvalue weighted by Gasteiger charge is -2.48. The topological polar surface area (TPSA) is 598 Å². The summed E-state index contributed by atoms with van der Waals surface area (Å²) >= 11 is 7.21. The minimum absolute atomic E-state index is 0.0490. The highest BCUT2D eigenvalue weighted by Gasteiger charge is 2.53. The maximum absolute atomic E-state index is 16.5. The first kappa shape index (κ1) is 98.9. The lowest BCUT2D eigenvalue weighted by molar-refractivity contribution is -0.334. The lowest BCUT2D eigenvalue weighted by atomic mass is 9.85. The molecule has 129 heavy (non-hydrogen) atoms. The quantitative estimate of drug-likeness (QED) is 0.0278. The third-order valence-electron chi connectivity index (χ3n) is 23.6. The van der Waals surface area contributed by atoms with Crippen molar-refractivity contribution in [3.63, 3.8) is 0 Å². The van der Waals surface area contributed by atoms with E-state index in [1.165, 1.54) is 65.1 Å². The number of phenols is 2. The molecule has 0 spiro atoms. The van der Waals surface area contributed by atoms with Gasteiger partial charge in [-0.05, 0) is 196 Å². The Balaban J connectivity index is 1.04. The van der Waals surface area contributed by atoms with Gasteiger partial charge in [-0.2, -0.15) is 0 Å². The van der Waals surface area contributed by atoms with Crippen LogP contribution in [-0.4, -0.2) is 220 Å². The number of aliphatic hydroxyl groups excluding tert-OH is 6. The summed E-state index contributed by atoms with van der Waals surface area (Å²) < 4.78 is 68.3. The Morgan fingerprint density at radius 1 is 0.705 bits per heavy atom. The molecular formula is C89H115ClN12O26S. The molecular weight excluding hydrogens is 1720 g/mol. The Morgan fingerprint density at radius 3 is 1.99 bits per heavy atom. The van der Waals surface area contributed by atoms with E-state index in [2.05, 4.69) is 59.5 Å². The highest BCUT2D eigenvalue weighted by molar-refractivity contribution is 7.89. The van der Waals surface area contributed by atoms with Crippen molar-refractivity contribution in [3.8, 4) is 51.4 Å². The Labute approximate surface area is 750 Å². The molecule has 0 unspecified atom stereocenters. The van der Waals surface area contributed by atoms with Crippen LogP contribution in [0.3, 0.4) is 0 Å². The summed E-state index contributed by atoms with van der Waals surface area (Å²) in [6.45, 7) is 10.6. The van der Waals surface area contributed by atoms with E-state index < -0.39 is 237 Å². The van der Waals surface area contributed by atoms with Crippen LogP contribution < -0.4 is 78.3 Å². The minimum atomic E-state index is -3.78. The molecule has 7 heterocycles. The van der Waals surface area contributed by atoms with Gasteiger partial charge in [-0.25, -0.2) is 17.9 Å². The first-order chi connectivity index (χ1) is 61.3. The molecule has 38 nitrogen and oxygen atoms in total. The molecule has 18 atom stereocenters. The zero-order chi connectivity index (χ0) is 93.8. The van der Waals surface area contributed by atoms with E-state index in [0.29, 0.717) is 32.2 Å². The van der Waals surface area contributed by atoms with Gasteiger partial charge in [0.1, 0.15) is 89.8 Å². The number of unbranched alkanes of at least 4 members (excludes halogenated alkanes) is 6. The molecule has 6 aromatic carbocycles. The van der Waals surface area contributed by atoms with E-state index in [9.17, 15) is 73.6 Å². The fourth-order valence-corrected chi connectivity index (χ4v) is 17.8. The van der Waals surface area contributed by atoms with Gasteiger partial charge in [0, 0.05) is 30.6 Å². The summed E-state index contributed by atoms with van der Waals surface area (Å²) in [5.41, 5.74) is 9.69. The smallest absolute Gasteiger partial charge is 0.330 e. The van der Waals surface area contributed by atoms with Gasteiger partial charge in [-0.1, -0.05) is 94.8 Å². The molecule has 2 saturated heterocycles. The van der Waals surface area contributed by atoms with Gasteiger partial charge in [0.2, 0.25) is 69.3 Å². The average Bonchev–Trinajstić information content (AvgIpc) is 0.755. The average molecular weight is 1840 g/mol. The van der Waals surface area contributed by atoms with Gasteiger partial charge < -0.3 is 134 Å². The Hall–Kier alpha value is -10.7. The van der Waals surface area contributed by atoms with Crippen LogP contribution in [0.4, 0.5) is 0 Å². The fourth-order valence-electron chi connectivity index (χ4n) is 16.5. The number of rotatable bonds is 31. The van der Waals surface area contributed by atoms with Crippen molar-refractivity contribution < 1.29 is 126 Å². The number of aliphatic carboxylic acids is 1. The van der Waals surface area contributed by atoms with Crippen LogP contribution in [0.15, 0.2) is 102 Å². The summed E-state index contributed by atoms with van der Waals surface area (Å²) in [4.78, 5) is 133. The van der Waals surface area contributed by atoms with Crippen LogP contribution in [0.1, 0.15) is 186 Å². The van der Waals surface area contributed by atoms with Crippen LogP contribution in [0.25, 0.3) is 11.1 Å². The number of aromatic hydroxyl groups is 2. The zero-order valence-corrected chi connectivity index (χ0v) is 74.1. The van der Waals surface area contributed by atoms with Crippen molar-refractivity contribution in [1.82, 2.24) is 52.6 Å². The van der Waals surface area contributed by atoms with Crippen LogP contribution >= 0.6 is 11.6 Å². The Kier molecular flexibility index (Phi) is 33.2. The number of sulfonamides is 1. The van der Waals surface area contributed by atoms with Crippen LogP contribution in [-0.2, 0) is 80.4 Å². The van der Waals surface area contributed by atoms with Crippen molar-refractivity contribution in [2.24, 2.45) is 17.4 Å². The highest BCUT2D eigenvalue weighted by Crippen LogP contribution is 2.50. The number of primary amides is 1. The molecule has 0 aromatic heterocycles. The number of nitrogens with one attached hydrogen (secondary N) is 10. The summed E-state index contributed by atoms with van der Waals surface area (Å²) in [5.74, 6) is -14.9. The molecule has 0 aliphatic carbocycles. The second-order valence-corrected chi connectivity index (χ2v) is 35.9. The van der Waals surface area contributed by atoms with Crippen molar-refractivity contribution >= 4 is 74.9 Å². The number of hydrogen-bond donors (Lipinski definition) is 21. The predicted octanol–water partition coefficient (Wildman–Crippen LogP) is 3.23. The Bertz CT molecular complexity index is 5230. The number of amides is 8. The standard InChI is InChI=1S/C89H115ClN12O26S/c1-9-10-11-14-17-46-18-23-51(24-19-46)129(121,122)95-29-16-13-12-15-28-94-40-54-44(5)68-52-32-47(20-25-58(52)104)69-83(115)101-73(86(118)99-71(87(119)120)53(68)36-59(54)105)75(109)49-22-27-61(55(90)33-49)125-63-35-50-34-62(78(63)128-88-79(77(111)76(110)64(41-103)126-88)127-67-38-89(7,102-66(107)39-91)80(112)45(6)123-67)124-60-26-21-48(31-43(60)4)74(108)72(100-81(113)56(93-8)30-42(2)3)85(117)96-57(37-65(92)106)82(114)97-70(50)84(116)98-69/h18-27,31-36,42,45,56-57,64,67,69-77,79-80,88,93-95,103-105,108-112H,9-17,28-30,37-41,91H2,1-8H3,(H2,92,106)(H,96,117)(H,97,114)(H,98,116)(H,99,118)(H,100,113)(H,101,115)(H,102,107)(H,119,120)/t45-,56+,57-,64+,67-,69+,70+,71-,72+,73-,74+,75+,76+,77-,79+,80+,88-,89-/m0/s1. The molecule has 7 aliphatic rings. The molecule has 2 fully saturated rings. The number of likely N-dealkylation sites (N-methyl/N-ethyl adjacent to an activating group) is 1. The number of carboxylic acid groups (broad SMARTS) is 1. The molecule has 0 saturated carbocycles. The lowest BCUT2D eigenvalue weighted by Crippen LogP contribution is -2.66. The first-order valence-electron chi connectivity index (χ1n) is 42.8. The molecule has 6 aromatic rings. The normalized spacial score (nSPS) is 25.7. The number of phenolic OH excluding ortho intramolecular Hbond substituents is 2. The monoisotopic (exact) mass is 1830 g/mol. The zero-order valence-electron chi connectivity index (χ0n) is 72.6. The molecule has 11 bridgehead atoms. The minimum Gasteiger partial charge on any atom is -0.508 e. The van der Waals surface area contributed by atoms with Gasteiger partial charge in [0.25, 0.3) is 0 Å². The van der Waals surface area contributed by atoms with E-state index in [4.69, 9.17) is 51.5 Å². The number of hydrogen-bond acceptors (Lipinski definition) is 28. The summed E-state index contributed by atoms with van der Waals surface area (Å²) in [7, 11) is -2.29. The number of benzene rings is 6. The van der Waals surface area contributed by atoms with Gasteiger partial charge in [-0.3, -0.25) is 38.4 Å². The van der Waals surface area contributed by atoms with Crippen molar-refractivity contribution in [1.29, 1.82) is 0 Å². The van der Waals surface area contributed by atoms with Gasteiger partial charge in [-0.15, -0.1) is 0 Å². The number of aliphatic hydroxyl groups is 6. The number of carbonyl (C=O) groups is 9. The SMILES string of the molecule is CCCCCCc1ccc(S(=O)(=O)NCCCCCCNCc2c(O)cc3c(c2C)-c2cc(ccc2O)[C@H]2NC(=O)[C@@H]4NC(=O)[C@H](CC(N)=O)NC(=O)[C@H](NC(=O)[C@@H](CC(C)C)NC)[C@H](O)c5ccc(c(C)c5)Oc5cc4cc(c5O[C@@H]4O[C@H](CO)[C@@H](O)[C@H](O)[C@H]4O[C@H]4C[C@](C)(NC(=O)CN)[C@H](O)[C@H](C)O4)Oc4ccc(cc4Cl)[C@@H](O)[C@H](NC2=O)C(=O)N[C@@H]3C(=O)O)cc1. The second kappa shape index (κ2) is 43.3. The number of ether oxygens (including phenoxy) is 6. The van der Waals surface area contributed by atoms with E-state index in [-0.39, 0.29) is 92.6 Å². The van der Waals surface area contributed by atoms with Gasteiger partial charge in [0.05, 0.1) is 47.2 Å². The van der Waals surface area contributed by atoms with Crippen LogP contribution in [0, 0.1) is 19.8 Å². The number of nitrogens with two attached hydrogens (primary N) is 2. The Morgan fingerprint density at radius 2 is 1.35 bits per heavy atom. The third-order valence-corrected chi connectivity index (χ3v) is 25.4. The van der Waals surface area contributed by atoms with E-state index in [1.807, 2.05) is 26.0 Å². The largest absolute Gasteiger partial charge is 0.508 e. The van der Waals surface area contributed by atoms with E-state index >= 15 is 24.0 Å². The second-order valence-electron chi connectivity index (χ2n) is 33.7. The highest BCUT2D eigenvalue weighted by atomic mass is 35.5. The van der Waals surface area contributed by atoms with E-state index in [1.54, 1.807) is 12.1 Å². The molecule has 0 radical (unpaired) electrons. The molecule has 13 rings (SSSR count). The molecule has 40 heteroatoms. The maximum atomic E-state index is 16.5. The molecule has 8 amide bonds. The van der Waals surface area contributed by atoms with Gasteiger partial charge >= 0.3 is 5.97 Å². The first-order valence-corrected chi connectivity index (χ1v) is 44.7. The molecule has 23 N–H and O–H groups in total. The number of halogens is 1. The number of fused-ring (bicyclic) bond motifs is 15. The van der Waals surface area contributed by atoms with E-state index in [0.717, 1.165) is 80.1 Å². The summed E-state index contributed by atoms with van der Waals surface area (Å²) in [6, 6.07) is 6.76.